The normalized spacial score (nSPS) is 10.4. The maximum atomic E-state index is 12.0. The van der Waals surface area contributed by atoms with E-state index in [9.17, 15) is 9.59 Å². The van der Waals surface area contributed by atoms with Gasteiger partial charge in [0.2, 0.25) is 5.91 Å². The highest BCUT2D eigenvalue weighted by Crippen LogP contribution is 2.21. The first-order chi connectivity index (χ1) is 11.0. The van der Waals surface area contributed by atoms with Crippen LogP contribution < -0.4 is 10.6 Å². The highest BCUT2D eigenvalue weighted by Gasteiger charge is 2.11. The largest absolute Gasteiger partial charge is 0.352 e. The lowest BCUT2D eigenvalue weighted by Crippen LogP contribution is -2.23. The quantitative estimate of drug-likeness (QED) is 0.852. The first kappa shape index (κ1) is 17.0. The number of hydrogen-bond acceptors (Lipinski definition) is 3. The van der Waals surface area contributed by atoms with Gasteiger partial charge in [0.05, 0.1) is 10.6 Å². The average molecular weight is 335 g/mol. The number of carbonyl (C=O) groups is 2. The van der Waals surface area contributed by atoms with Gasteiger partial charge in [0.15, 0.2) is 0 Å². The van der Waals surface area contributed by atoms with Crippen molar-refractivity contribution < 1.29 is 9.59 Å². The Morgan fingerprint density at radius 1 is 1.30 bits per heavy atom. The Labute approximate surface area is 139 Å². The molecule has 2 aromatic rings. The van der Waals surface area contributed by atoms with Crippen LogP contribution in [-0.2, 0) is 11.3 Å². The van der Waals surface area contributed by atoms with Crippen molar-refractivity contribution in [1.82, 2.24) is 15.1 Å². The van der Waals surface area contributed by atoms with Crippen molar-refractivity contribution in [2.24, 2.45) is 0 Å². The highest BCUT2D eigenvalue weighted by molar-refractivity contribution is 6.34. The van der Waals surface area contributed by atoms with Gasteiger partial charge in [0.25, 0.3) is 5.91 Å². The van der Waals surface area contributed by atoms with Crippen LogP contribution in [0.25, 0.3) is 0 Å². The molecule has 0 aliphatic rings. The molecule has 0 aliphatic carbocycles. The number of anilines is 1. The molecule has 1 aromatic carbocycles. The fraction of sp³-hybridized carbons (Fsp3) is 0.312. The minimum atomic E-state index is -0.232. The third kappa shape index (κ3) is 4.56. The lowest BCUT2D eigenvalue weighted by atomic mass is 10.2. The van der Waals surface area contributed by atoms with E-state index in [1.807, 2.05) is 19.9 Å². The lowest BCUT2D eigenvalue weighted by Gasteiger charge is -2.09. The van der Waals surface area contributed by atoms with E-state index in [-0.39, 0.29) is 11.8 Å². The number of nitrogens with zero attached hydrogens (tertiary/aromatic N) is 2. The molecule has 0 saturated carbocycles. The Morgan fingerprint density at radius 2 is 2.09 bits per heavy atom. The summed E-state index contributed by atoms with van der Waals surface area (Å²) in [6.45, 7) is 4.81. The Balaban J connectivity index is 1.94. The summed E-state index contributed by atoms with van der Waals surface area (Å²) in [6, 6.07) is 6.72. The zero-order chi connectivity index (χ0) is 16.8. The van der Waals surface area contributed by atoms with Crippen molar-refractivity contribution in [3.8, 4) is 0 Å². The van der Waals surface area contributed by atoms with E-state index >= 15 is 0 Å². The maximum absolute atomic E-state index is 12.0. The van der Waals surface area contributed by atoms with Gasteiger partial charge >= 0.3 is 0 Å². The molecule has 7 heteroatoms. The molecule has 0 saturated heterocycles. The molecule has 122 valence electrons. The molecule has 1 aromatic heterocycles. The summed E-state index contributed by atoms with van der Waals surface area (Å²) in [6.07, 6.45) is 2.01. The highest BCUT2D eigenvalue weighted by atomic mass is 35.5. The molecule has 0 radical (unpaired) electrons. The average Bonchev–Trinajstić information content (AvgIpc) is 2.91. The molecule has 0 fully saturated rings. The summed E-state index contributed by atoms with van der Waals surface area (Å²) in [5, 5.41) is 9.88. The first-order valence-corrected chi connectivity index (χ1v) is 7.75. The number of rotatable bonds is 6. The van der Waals surface area contributed by atoms with E-state index in [0.717, 1.165) is 5.69 Å². The van der Waals surface area contributed by atoms with Gasteiger partial charge in [0.1, 0.15) is 0 Å². The first-order valence-electron chi connectivity index (χ1n) is 7.37. The molecule has 0 atom stereocenters. The number of halogens is 1. The van der Waals surface area contributed by atoms with Gasteiger partial charge < -0.3 is 10.6 Å². The molecule has 0 aliphatic heterocycles. The van der Waals surface area contributed by atoms with Gasteiger partial charge in [-0.25, -0.2) is 0 Å². The number of carbonyl (C=O) groups excluding carboxylic acids is 2. The van der Waals surface area contributed by atoms with Crippen molar-refractivity contribution >= 4 is 29.1 Å². The molecule has 0 unspecified atom stereocenters. The zero-order valence-electron chi connectivity index (χ0n) is 13.1. The van der Waals surface area contributed by atoms with Crippen LogP contribution in [0.4, 0.5) is 5.69 Å². The molecule has 0 bridgehead atoms. The van der Waals surface area contributed by atoms with Crippen LogP contribution in [-0.4, -0.2) is 28.1 Å². The lowest BCUT2D eigenvalue weighted by molar-refractivity contribution is -0.116. The monoisotopic (exact) mass is 334 g/mol. The summed E-state index contributed by atoms with van der Waals surface area (Å²) in [4.78, 5) is 23.7. The van der Waals surface area contributed by atoms with Crippen LogP contribution in [0.3, 0.4) is 0 Å². The fourth-order valence-corrected chi connectivity index (χ4v) is 2.36. The zero-order valence-corrected chi connectivity index (χ0v) is 13.9. The Morgan fingerprint density at radius 3 is 2.70 bits per heavy atom. The maximum Gasteiger partial charge on any atom is 0.252 e. The van der Waals surface area contributed by atoms with Gasteiger partial charge in [0, 0.05) is 37.1 Å². The summed E-state index contributed by atoms with van der Waals surface area (Å²) in [7, 11) is 0. The second-order valence-corrected chi connectivity index (χ2v) is 5.46. The summed E-state index contributed by atoms with van der Waals surface area (Å²) in [5.74, 6) is -0.369. The van der Waals surface area contributed by atoms with E-state index in [0.29, 0.717) is 35.8 Å². The molecule has 2 amide bonds. The van der Waals surface area contributed by atoms with Crippen molar-refractivity contribution in [2.45, 2.75) is 26.8 Å². The third-order valence-corrected chi connectivity index (χ3v) is 3.63. The van der Waals surface area contributed by atoms with E-state index in [1.165, 1.54) is 0 Å². The van der Waals surface area contributed by atoms with Crippen LogP contribution in [0, 0.1) is 6.92 Å². The van der Waals surface area contributed by atoms with Crippen LogP contribution in [0.2, 0.25) is 5.02 Å². The van der Waals surface area contributed by atoms with Crippen molar-refractivity contribution in [3.63, 3.8) is 0 Å². The SMILES string of the molecule is CCNC(=O)c1ccc(NC(=O)CCn2nccc2C)cc1Cl. The number of aryl methyl sites for hydroxylation is 2. The topological polar surface area (TPSA) is 76.0 Å². The molecule has 2 rings (SSSR count). The van der Waals surface area contributed by atoms with Gasteiger partial charge in [-0.15, -0.1) is 0 Å². The summed E-state index contributed by atoms with van der Waals surface area (Å²) < 4.78 is 1.77. The van der Waals surface area contributed by atoms with E-state index in [2.05, 4.69) is 15.7 Å². The van der Waals surface area contributed by atoms with Crippen molar-refractivity contribution in [2.75, 3.05) is 11.9 Å². The van der Waals surface area contributed by atoms with Crippen LogP contribution >= 0.6 is 11.6 Å². The van der Waals surface area contributed by atoms with E-state index in [4.69, 9.17) is 11.6 Å². The van der Waals surface area contributed by atoms with Crippen molar-refractivity contribution in [3.05, 3.63) is 46.7 Å². The number of amides is 2. The molecular weight excluding hydrogens is 316 g/mol. The Kier molecular flexibility index (Phi) is 5.76. The van der Waals surface area contributed by atoms with Gasteiger partial charge in [-0.05, 0) is 38.1 Å². The number of nitrogens with one attached hydrogen (secondary N) is 2. The molecule has 23 heavy (non-hydrogen) atoms. The predicted molar refractivity (Wildman–Crippen MR) is 89.7 cm³/mol. The minimum absolute atomic E-state index is 0.137. The smallest absolute Gasteiger partial charge is 0.252 e. The molecule has 2 N–H and O–H groups in total. The third-order valence-electron chi connectivity index (χ3n) is 3.31. The Hall–Kier alpha value is -2.34. The van der Waals surface area contributed by atoms with Crippen LogP contribution in [0.1, 0.15) is 29.4 Å². The standard InChI is InChI=1S/C16H19ClN4O2/c1-3-18-16(23)13-5-4-12(10-14(13)17)20-15(22)7-9-21-11(2)6-8-19-21/h4-6,8,10H,3,7,9H2,1-2H3,(H,18,23)(H,20,22). The van der Waals surface area contributed by atoms with E-state index in [1.54, 1.807) is 29.1 Å². The second-order valence-electron chi connectivity index (χ2n) is 5.05. The summed E-state index contributed by atoms with van der Waals surface area (Å²) >= 11 is 6.10. The fourth-order valence-electron chi connectivity index (χ4n) is 2.10. The van der Waals surface area contributed by atoms with Crippen molar-refractivity contribution in [1.29, 1.82) is 0 Å². The van der Waals surface area contributed by atoms with Gasteiger partial charge in [-0.3, -0.25) is 14.3 Å². The van der Waals surface area contributed by atoms with Gasteiger partial charge in [-0.2, -0.15) is 5.10 Å². The molecule has 1 heterocycles. The molecule has 0 spiro atoms. The minimum Gasteiger partial charge on any atom is -0.352 e. The van der Waals surface area contributed by atoms with Crippen LogP contribution in [0.5, 0.6) is 0 Å². The predicted octanol–water partition coefficient (Wildman–Crippen LogP) is 2.62. The number of benzene rings is 1. The molecular formula is C16H19ClN4O2. The second kappa shape index (κ2) is 7.78. The number of hydrogen-bond donors (Lipinski definition) is 2. The molecule has 6 nitrogen and oxygen atoms in total. The van der Waals surface area contributed by atoms with Crippen LogP contribution in [0.15, 0.2) is 30.5 Å². The van der Waals surface area contributed by atoms with E-state index < -0.39 is 0 Å². The number of aromatic nitrogens is 2. The van der Waals surface area contributed by atoms with Gasteiger partial charge in [-0.1, -0.05) is 11.6 Å². The Bertz CT molecular complexity index is 712. The summed E-state index contributed by atoms with van der Waals surface area (Å²) in [5.41, 5.74) is 1.95.